The quantitative estimate of drug-likeness (QED) is 0.784. The van der Waals surface area contributed by atoms with Crippen LogP contribution in [-0.2, 0) is 9.59 Å². The van der Waals surface area contributed by atoms with Crippen LogP contribution in [0.4, 0.5) is 0 Å². The lowest BCUT2D eigenvalue weighted by molar-refractivity contribution is -0.133. The molecule has 1 aliphatic heterocycles. The molecule has 2 fully saturated rings. The van der Waals surface area contributed by atoms with Crippen molar-refractivity contribution in [3.8, 4) is 0 Å². The summed E-state index contributed by atoms with van der Waals surface area (Å²) in [6, 6.07) is 0.158. The molecule has 2 amide bonds. The van der Waals surface area contributed by atoms with Crippen molar-refractivity contribution in [2.75, 3.05) is 13.1 Å². The third-order valence-electron chi connectivity index (χ3n) is 4.32. The molecular weight excluding hydrogens is 242 g/mol. The standard InChI is InChI=1S/C14H25N3O2/c1-3-14(2,15)13(19)16-11-6-8-17(9-7-11)12(18)10-4-5-10/h10-11H,3-9,15H2,1-2H3,(H,16,19). The fourth-order valence-electron chi connectivity index (χ4n) is 2.34. The molecule has 0 aromatic carbocycles. The first-order valence-corrected chi connectivity index (χ1v) is 7.32. The van der Waals surface area contributed by atoms with Gasteiger partial charge in [-0.25, -0.2) is 0 Å². The number of hydrogen-bond donors (Lipinski definition) is 2. The highest BCUT2D eigenvalue weighted by molar-refractivity contribution is 5.85. The van der Waals surface area contributed by atoms with Gasteiger partial charge in [-0.3, -0.25) is 9.59 Å². The Balaban J connectivity index is 1.77. The molecule has 5 heteroatoms. The minimum absolute atomic E-state index is 0.0815. The van der Waals surface area contributed by atoms with E-state index in [-0.39, 0.29) is 11.9 Å². The van der Waals surface area contributed by atoms with E-state index in [2.05, 4.69) is 5.32 Å². The molecule has 2 aliphatic rings. The van der Waals surface area contributed by atoms with Crippen LogP contribution in [0.15, 0.2) is 0 Å². The van der Waals surface area contributed by atoms with Gasteiger partial charge in [-0.15, -0.1) is 0 Å². The molecular formula is C14H25N3O2. The summed E-state index contributed by atoms with van der Waals surface area (Å²) in [5.74, 6) is 0.516. The molecule has 0 radical (unpaired) electrons. The predicted octanol–water partition coefficient (Wildman–Crippen LogP) is 0.631. The Hall–Kier alpha value is -1.10. The van der Waals surface area contributed by atoms with Crippen molar-refractivity contribution in [2.45, 2.75) is 57.5 Å². The Morgan fingerprint density at radius 1 is 1.26 bits per heavy atom. The Kier molecular flexibility index (Phi) is 4.13. The van der Waals surface area contributed by atoms with Crippen LogP contribution in [0, 0.1) is 5.92 Å². The second kappa shape index (κ2) is 5.49. The molecule has 1 aliphatic carbocycles. The van der Waals surface area contributed by atoms with Gasteiger partial charge >= 0.3 is 0 Å². The van der Waals surface area contributed by atoms with Crippen molar-refractivity contribution in [3.05, 3.63) is 0 Å². The van der Waals surface area contributed by atoms with Crippen LogP contribution in [0.5, 0.6) is 0 Å². The van der Waals surface area contributed by atoms with Crippen molar-refractivity contribution in [1.29, 1.82) is 0 Å². The number of nitrogens with zero attached hydrogens (tertiary/aromatic N) is 1. The molecule has 1 saturated carbocycles. The summed E-state index contributed by atoms with van der Waals surface area (Å²) in [4.78, 5) is 25.8. The Morgan fingerprint density at radius 2 is 1.84 bits per heavy atom. The van der Waals surface area contributed by atoms with Gasteiger partial charge in [-0.2, -0.15) is 0 Å². The second-order valence-corrected chi connectivity index (χ2v) is 6.12. The van der Waals surface area contributed by atoms with Gasteiger partial charge in [-0.05, 0) is 39.0 Å². The maximum absolute atomic E-state index is 12.0. The number of piperidine rings is 1. The monoisotopic (exact) mass is 267 g/mol. The van der Waals surface area contributed by atoms with E-state index in [0.717, 1.165) is 38.8 Å². The molecule has 3 N–H and O–H groups in total. The zero-order valence-corrected chi connectivity index (χ0v) is 11.9. The van der Waals surface area contributed by atoms with E-state index in [9.17, 15) is 9.59 Å². The van der Waals surface area contributed by atoms with E-state index in [1.807, 2.05) is 11.8 Å². The molecule has 2 rings (SSSR count). The lowest BCUT2D eigenvalue weighted by atomic mass is 9.97. The highest BCUT2D eigenvalue weighted by Crippen LogP contribution is 2.31. The smallest absolute Gasteiger partial charge is 0.240 e. The van der Waals surface area contributed by atoms with Gasteiger partial charge in [-0.1, -0.05) is 6.92 Å². The zero-order valence-electron chi connectivity index (χ0n) is 11.9. The van der Waals surface area contributed by atoms with Crippen LogP contribution in [0.1, 0.15) is 46.0 Å². The molecule has 1 unspecified atom stereocenters. The van der Waals surface area contributed by atoms with Crippen molar-refractivity contribution >= 4 is 11.8 Å². The van der Waals surface area contributed by atoms with Gasteiger partial charge in [0.15, 0.2) is 0 Å². The summed E-state index contributed by atoms with van der Waals surface area (Å²) < 4.78 is 0. The van der Waals surface area contributed by atoms with E-state index in [0.29, 0.717) is 18.2 Å². The van der Waals surface area contributed by atoms with E-state index < -0.39 is 5.54 Å². The minimum atomic E-state index is -0.791. The number of nitrogens with one attached hydrogen (secondary N) is 1. The second-order valence-electron chi connectivity index (χ2n) is 6.12. The molecule has 0 aromatic rings. The van der Waals surface area contributed by atoms with E-state index in [1.54, 1.807) is 6.92 Å². The summed E-state index contributed by atoms with van der Waals surface area (Å²) >= 11 is 0. The number of rotatable bonds is 4. The Bertz CT molecular complexity index is 356. The molecule has 0 aromatic heterocycles. The van der Waals surface area contributed by atoms with Gasteiger partial charge in [0.05, 0.1) is 5.54 Å². The molecule has 1 saturated heterocycles. The Morgan fingerprint density at radius 3 is 2.32 bits per heavy atom. The third-order valence-corrected chi connectivity index (χ3v) is 4.32. The van der Waals surface area contributed by atoms with Crippen molar-refractivity contribution in [1.82, 2.24) is 10.2 Å². The number of carbonyl (C=O) groups excluding carboxylic acids is 2. The first-order valence-electron chi connectivity index (χ1n) is 7.32. The summed E-state index contributed by atoms with van der Waals surface area (Å²) in [5.41, 5.74) is 5.13. The summed E-state index contributed by atoms with van der Waals surface area (Å²) in [5, 5.41) is 3.01. The van der Waals surface area contributed by atoms with Crippen molar-refractivity contribution in [3.63, 3.8) is 0 Å². The molecule has 19 heavy (non-hydrogen) atoms. The number of nitrogens with two attached hydrogens (primary N) is 1. The molecule has 5 nitrogen and oxygen atoms in total. The fourth-order valence-corrected chi connectivity index (χ4v) is 2.34. The lowest BCUT2D eigenvalue weighted by Crippen LogP contribution is -2.56. The molecule has 1 heterocycles. The van der Waals surface area contributed by atoms with Crippen LogP contribution >= 0.6 is 0 Å². The molecule has 0 bridgehead atoms. The van der Waals surface area contributed by atoms with Crippen molar-refractivity contribution < 1.29 is 9.59 Å². The SMILES string of the molecule is CCC(C)(N)C(=O)NC1CCN(C(=O)C2CC2)CC1. The fraction of sp³-hybridized carbons (Fsp3) is 0.857. The highest BCUT2D eigenvalue weighted by Gasteiger charge is 2.35. The van der Waals surface area contributed by atoms with Gasteiger partial charge < -0.3 is 16.0 Å². The topological polar surface area (TPSA) is 75.4 Å². The minimum Gasteiger partial charge on any atom is -0.352 e. The molecule has 1 atom stereocenters. The van der Waals surface area contributed by atoms with Crippen LogP contribution in [0.25, 0.3) is 0 Å². The van der Waals surface area contributed by atoms with Gasteiger partial charge in [0.2, 0.25) is 11.8 Å². The average Bonchev–Trinajstić information content (AvgIpc) is 3.23. The number of amides is 2. The lowest BCUT2D eigenvalue weighted by Gasteiger charge is -2.34. The number of likely N-dealkylation sites (tertiary alicyclic amines) is 1. The Labute approximate surface area is 114 Å². The third kappa shape index (κ3) is 3.47. The summed E-state index contributed by atoms with van der Waals surface area (Å²) in [6.45, 7) is 5.19. The van der Waals surface area contributed by atoms with Crippen LogP contribution < -0.4 is 11.1 Å². The normalized spacial score (nSPS) is 23.8. The molecule has 0 spiro atoms. The maximum Gasteiger partial charge on any atom is 0.240 e. The summed E-state index contributed by atoms with van der Waals surface area (Å²) in [6.07, 6.45) is 4.40. The average molecular weight is 267 g/mol. The van der Waals surface area contributed by atoms with E-state index in [1.165, 1.54) is 0 Å². The van der Waals surface area contributed by atoms with Crippen molar-refractivity contribution in [2.24, 2.45) is 11.7 Å². The largest absolute Gasteiger partial charge is 0.352 e. The predicted molar refractivity (Wildman–Crippen MR) is 73.4 cm³/mol. The zero-order chi connectivity index (χ0) is 14.0. The van der Waals surface area contributed by atoms with Gasteiger partial charge in [0, 0.05) is 25.0 Å². The van der Waals surface area contributed by atoms with E-state index in [4.69, 9.17) is 5.73 Å². The highest BCUT2D eigenvalue weighted by atomic mass is 16.2. The van der Waals surface area contributed by atoms with Gasteiger partial charge in [0.25, 0.3) is 0 Å². The van der Waals surface area contributed by atoms with Crippen LogP contribution in [-0.4, -0.2) is 41.4 Å². The summed E-state index contributed by atoms with van der Waals surface area (Å²) in [7, 11) is 0. The van der Waals surface area contributed by atoms with Crippen LogP contribution in [0.2, 0.25) is 0 Å². The first-order chi connectivity index (χ1) is 8.94. The number of carbonyl (C=O) groups is 2. The van der Waals surface area contributed by atoms with Crippen LogP contribution in [0.3, 0.4) is 0 Å². The maximum atomic E-state index is 12.0. The first kappa shape index (κ1) is 14.3. The molecule has 108 valence electrons. The number of hydrogen-bond acceptors (Lipinski definition) is 3. The van der Waals surface area contributed by atoms with Gasteiger partial charge in [0.1, 0.15) is 0 Å². The van der Waals surface area contributed by atoms with E-state index >= 15 is 0 Å².